The van der Waals surface area contributed by atoms with E-state index in [0.717, 1.165) is 77.0 Å². The minimum absolute atomic E-state index is 0.0691. The highest BCUT2D eigenvalue weighted by Crippen LogP contribution is 2.19. The smallest absolute Gasteiger partial charge is 0.306 e. The van der Waals surface area contributed by atoms with Crippen LogP contribution in [0.1, 0.15) is 412 Å². The number of ether oxygens (including phenoxy) is 3. The number of hydrogen-bond acceptors (Lipinski definition) is 6. The summed E-state index contributed by atoms with van der Waals surface area (Å²) in [5.74, 6) is -0.849. The first kappa shape index (κ1) is 77.9. The molecule has 0 aliphatic carbocycles. The van der Waals surface area contributed by atoms with Crippen LogP contribution in [0.4, 0.5) is 0 Å². The van der Waals surface area contributed by atoms with E-state index in [0.29, 0.717) is 19.3 Å². The van der Waals surface area contributed by atoms with Gasteiger partial charge in [-0.15, -0.1) is 0 Å². The van der Waals surface area contributed by atoms with Crippen molar-refractivity contribution in [1.29, 1.82) is 0 Å². The molecule has 0 amide bonds. The SMILES string of the molecule is CCCCC/C=C\C/C=C\CCCCCCCC(=O)OCC(COC(=O)CCCCCCCCCCCCCCCCCCCCCCCCCCCC)OC(=O)CCCCCCCCCCCCCCCCCCCCCCC. The maximum atomic E-state index is 13.0. The van der Waals surface area contributed by atoms with E-state index in [1.54, 1.807) is 0 Å². The standard InChI is InChI=1S/C74H140O6/c1-4-7-10-13-16-19-22-25-28-30-32-34-35-36-37-38-40-41-43-46-49-52-55-58-61-64-67-73(76)79-70-71(69-78-72(75)66-63-60-57-54-51-48-45-27-24-21-18-15-12-9-6-3)80-74(77)68-65-62-59-56-53-50-47-44-42-39-33-31-29-26-23-20-17-14-11-8-5-2/h18,21,27,45,71H,4-17,19-20,22-26,28-44,46-70H2,1-3H3/b21-18-,45-27-. The lowest BCUT2D eigenvalue weighted by Gasteiger charge is -2.18. The molecule has 6 nitrogen and oxygen atoms in total. The molecule has 0 aromatic carbocycles. The van der Waals surface area contributed by atoms with Crippen molar-refractivity contribution in [3.05, 3.63) is 24.3 Å². The first-order chi connectivity index (χ1) is 39.5. The van der Waals surface area contributed by atoms with Crippen LogP contribution in [-0.2, 0) is 28.6 Å². The second kappa shape index (κ2) is 69.4. The van der Waals surface area contributed by atoms with Gasteiger partial charge in [0.15, 0.2) is 6.10 Å². The third-order valence-electron chi connectivity index (χ3n) is 16.7. The van der Waals surface area contributed by atoms with Crippen LogP contribution in [0.3, 0.4) is 0 Å². The summed E-state index contributed by atoms with van der Waals surface area (Å²) in [5, 5.41) is 0. The van der Waals surface area contributed by atoms with Gasteiger partial charge in [0.2, 0.25) is 0 Å². The summed E-state index contributed by atoms with van der Waals surface area (Å²) in [6.45, 7) is 6.69. The van der Waals surface area contributed by atoms with Gasteiger partial charge in [-0.2, -0.15) is 0 Å². The Morgan fingerprint density at radius 1 is 0.250 bits per heavy atom. The fourth-order valence-corrected chi connectivity index (χ4v) is 11.2. The first-order valence-electron chi connectivity index (χ1n) is 36.3. The van der Waals surface area contributed by atoms with Crippen LogP contribution in [0.5, 0.6) is 0 Å². The normalized spacial score (nSPS) is 12.1. The molecule has 1 unspecified atom stereocenters. The molecule has 1 atom stereocenters. The van der Waals surface area contributed by atoms with Gasteiger partial charge >= 0.3 is 17.9 Å². The highest BCUT2D eigenvalue weighted by atomic mass is 16.6. The molecule has 0 radical (unpaired) electrons. The van der Waals surface area contributed by atoms with E-state index < -0.39 is 6.10 Å². The van der Waals surface area contributed by atoms with Gasteiger partial charge in [0.25, 0.3) is 0 Å². The summed E-state index contributed by atoms with van der Waals surface area (Å²) in [6, 6.07) is 0. The van der Waals surface area contributed by atoms with Gasteiger partial charge < -0.3 is 14.2 Å². The molecule has 0 rings (SSSR count). The van der Waals surface area contributed by atoms with E-state index in [4.69, 9.17) is 14.2 Å². The zero-order chi connectivity index (χ0) is 57.8. The van der Waals surface area contributed by atoms with Crippen molar-refractivity contribution in [3.8, 4) is 0 Å². The van der Waals surface area contributed by atoms with Crippen LogP contribution < -0.4 is 0 Å². The fourth-order valence-electron chi connectivity index (χ4n) is 11.2. The zero-order valence-corrected chi connectivity index (χ0v) is 54.4. The van der Waals surface area contributed by atoms with Gasteiger partial charge in [-0.25, -0.2) is 0 Å². The molecule has 80 heavy (non-hydrogen) atoms. The van der Waals surface area contributed by atoms with Gasteiger partial charge in [-0.05, 0) is 51.4 Å². The Morgan fingerprint density at radius 2 is 0.450 bits per heavy atom. The molecule has 0 aromatic heterocycles. The zero-order valence-electron chi connectivity index (χ0n) is 54.4. The number of carbonyl (C=O) groups is 3. The van der Waals surface area contributed by atoms with E-state index >= 15 is 0 Å². The maximum absolute atomic E-state index is 13.0. The Morgan fingerprint density at radius 3 is 0.713 bits per heavy atom. The lowest BCUT2D eigenvalue weighted by molar-refractivity contribution is -0.167. The minimum Gasteiger partial charge on any atom is -0.462 e. The van der Waals surface area contributed by atoms with Crippen molar-refractivity contribution in [1.82, 2.24) is 0 Å². The molecule has 472 valence electrons. The largest absolute Gasteiger partial charge is 0.462 e. The third-order valence-corrected chi connectivity index (χ3v) is 16.7. The fraction of sp³-hybridized carbons (Fsp3) is 0.905. The molecule has 0 aromatic rings. The van der Waals surface area contributed by atoms with Crippen LogP contribution in [0.25, 0.3) is 0 Å². The topological polar surface area (TPSA) is 78.9 Å². The molecule has 0 aliphatic rings. The van der Waals surface area contributed by atoms with Crippen molar-refractivity contribution in [3.63, 3.8) is 0 Å². The predicted molar refractivity (Wildman–Crippen MR) is 349 cm³/mol. The molecule has 0 heterocycles. The lowest BCUT2D eigenvalue weighted by atomic mass is 10.0. The number of carbonyl (C=O) groups excluding carboxylic acids is 3. The highest BCUT2D eigenvalue weighted by molar-refractivity contribution is 5.71. The Hall–Kier alpha value is -2.11. The number of unbranched alkanes of at least 4 members (excludes halogenated alkanes) is 53. The van der Waals surface area contributed by atoms with E-state index in [-0.39, 0.29) is 31.1 Å². The quantitative estimate of drug-likeness (QED) is 0.0261. The van der Waals surface area contributed by atoms with E-state index in [1.807, 2.05) is 0 Å². The lowest BCUT2D eigenvalue weighted by Crippen LogP contribution is -2.30. The molecule has 0 aliphatic heterocycles. The minimum atomic E-state index is -0.774. The van der Waals surface area contributed by atoms with Crippen LogP contribution >= 0.6 is 0 Å². The Labute approximate surface area is 500 Å². The van der Waals surface area contributed by atoms with Crippen LogP contribution in [0.2, 0.25) is 0 Å². The van der Waals surface area contributed by atoms with E-state index in [9.17, 15) is 14.4 Å². The first-order valence-corrected chi connectivity index (χ1v) is 36.3. The Kier molecular flexibility index (Phi) is 67.6. The van der Waals surface area contributed by atoms with Gasteiger partial charge in [0.05, 0.1) is 0 Å². The summed E-state index contributed by atoms with van der Waals surface area (Å²) in [5.41, 5.74) is 0. The molecular weight excluding hydrogens is 985 g/mol. The summed E-state index contributed by atoms with van der Waals surface area (Å²) >= 11 is 0. The van der Waals surface area contributed by atoms with Crippen LogP contribution in [0, 0.1) is 0 Å². The molecular formula is C74H140O6. The number of hydrogen-bond donors (Lipinski definition) is 0. The molecule has 0 fully saturated rings. The van der Waals surface area contributed by atoms with Gasteiger partial charge in [-0.3, -0.25) is 14.4 Å². The molecule has 6 heteroatoms. The molecule has 0 saturated heterocycles. The third kappa shape index (κ3) is 66.7. The average Bonchev–Trinajstić information content (AvgIpc) is 3.46. The van der Waals surface area contributed by atoms with Gasteiger partial charge in [-0.1, -0.05) is 366 Å². The maximum Gasteiger partial charge on any atom is 0.306 e. The van der Waals surface area contributed by atoms with Gasteiger partial charge in [0.1, 0.15) is 13.2 Å². The van der Waals surface area contributed by atoms with Crippen molar-refractivity contribution < 1.29 is 28.6 Å². The summed E-state index contributed by atoms with van der Waals surface area (Å²) < 4.78 is 17.0. The predicted octanol–water partition coefficient (Wildman–Crippen LogP) is 25.0. The van der Waals surface area contributed by atoms with E-state index in [2.05, 4.69) is 45.1 Å². The van der Waals surface area contributed by atoms with Crippen molar-refractivity contribution >= 4 is 17.9 Å². The number of rotatable bonds is 68. The monoisotopic (exact) mass is 1130 g/mol. The number of allylic oxidation sites excluding steroid dienone is 4. The molecule has 0 spiro atoms. The average molecular weight is 1130 g/mol. The van der Waals surface area contributed by atoms with Crippen molar-refractivity contribution in [2.75, 3.05) is 13.2 Å². The summed E-state index contributed by atoms with van der Waals surface area (Å²) in [6.07, 6.45) is 85.0. The van der Waals surface area contributed by atoms with E-state index in [1.165, 1.54) is 295 Å². The summed E-state index contributed by atoms with van der Waals surface area (Å²) in [4.78, 5) is 38.5. The molecule has 0 saturated carbocycles. The van der Waals surface area contributed by atoms with Crippen molar-refractivity contribution in [2.45, 2.75) is 419 Å². The molecule has 0 bridgehead atoms. The Bertz CT molecular complexity index is 1290. The van der Waals surface area contributed by atoms with Crippen molar-refractivity contribution in [2.24, 2.45) is 0 Å². The van der Waals surface area contributed by atoms with Crippen LogP contribution in [-0.4, -0.2) is 37.2 Å². The van der Waals surface area contributed by atoms with Crippen LogP contribution in [0.15, 0.2) is 24.3 Å². The highest BCUT2D eigenvalue weighted by Gasteiger charge is 2.19. The number of esters is 3. The van der Waals surface area contributed by atoms with Gasteiger partial charge in [0, 0.05) is 19.3 Å². The summed E-state index contributed by atoms with van der Waals surface area (Å²) in [7, 11) is 0. The molecule has 0 N–H and O–H groups in total. The second-order valence-electron chi connectivity index (χ2n) is 24.9. The second-order valence-corrected chi connectivity index (χ2v) is 24.9. The Balaban J connectivity index is 4.23.